The Kier molecular flexibility index (Phi) is 7.02. The van der Waals surface area contributed by atoms with Crippen molar-refractivity contribution < 1.29 is 14.6 Å². The standard InChI is InChI=1S/C16H26N2O3/c1-5-21-15-8-13(6-7-14(15)19)10-18(4)11-16(20)17-9-12(2)3/h6-8,12,19H,5,9-11H2,1-4H3,(H,17,20). The fourth-order valence-electron chi connectivity index (χ4n) is 1.91. The highest BCUT2D eigenvalue weighted by Crippen LogP contribution is 2.27. The summed E-state index contributed by atoms with van der Waals surface area (Å²) in [6.45, 7) is 8.17. The van der Waals surface area contributed by atoms with Gasteiger partial charge in [0.1, 0.15) is 0 Å². The molecule has 0 aliphatic rings. The van der Waals surface area contributed by atoms with Gasteiger partial charge < -0.3 is 15.2 Å². The van der Waals surface area contributed by atoms with Crippen LogP contribution in [0.2, 0.25) is 0 Å². The van der Waals surface area contributed by atoms with Crippen molar-refractivity contribution >= 4 is 5.91 Å². The fraction of sp³-hybridized carbons (Fsp3) is 0.562. The summed E-state index contributed by atoms with van der Waals surface area (Å²) in [6.07, 6.45) is 0. The number of likely N-dealkylation sites (N-methyl/N-ethyl adjacent to an activating group) is 1. The van der Waals surface area contributed by atoms with Gasteiger partial charge in [0.15, 0.2) is 11.5 Å². The summed E-state index contributed by atoms with van der Waals surface area (Å²) in [6, 6.07) is 5.26. The van der Waals surface area contributed by atoms with Gasteiger partial charge in [-0.3, -0.25) is 9.69 Å². The minimum absolute atomic E-state index is 0.0232. The third kappa shape index (κ3) is 6.49. The number of phenols is 1. The lowest BCUT2D eigenvalue weighted by atomic mass is 10.2. The SMILES string of the molecule is CCOc1cc(CN(C)CC(=O)NCC(C)C)ccc1O. The molecule has 118 valence electrons. The number of amides is 1. The van der Waals surface area contributed by atoms with Crippen LogP contribution >= 0.6 is 0 Å². The number of rotatable bonds is 8. The lowest BCUT2D eigenvalue weighted by Gasteiger charge is -2.17. The normalized spacial score (nSPS) is 11.0. The minimum Gasteiger partial charge on any atom is -0.504 e. The highest BCUT2D eigenvalue weighted by molar-refractivity contribution is 5.77. The van der Waals surface area contributed by atoms with E-state index < -0.39 is 0 Å². The number of hydrogen-bond acceptors (Lipinski definition) is 4. The molecule has 0 aliphatic carbocycles. The predicted octanol–water partition coefficient (Wildman–Crippen LogP) is 1.99. The lowest BCUT2D eigenvalue weighted by molar-refractivity contribution is -0.122. The molecule has 21 heavy (non-hydrogen) atoms. The summed E-state index contributed by atoms with van der Waals surface area (Å²) >= 11 is 0. The van der Waals surface area contributed by atoms with E-state index in [0.29, 0.717) is 37.9 Å². The molecule has 1 rings (SSSR count). The molecule has 0 heterocycles. The van der Waals surface area contributed by atoms with Crippen molar-refractivity contribution in [2.24, 2.45) is 5.92 Å². The van der Waals surface area contributed by atoms with Crippen LogP contribution in [-0.2, 0) is 11.3 Å². The maximum absolute atomic E-state index is 11.8. The average molecular weight is 294 g/mol. The van der Waals surface area contributed by atoms with Crippen molar-refractivity contribution in [3.8, 4) is 11.5 Å². The fourth-order valence-corrected chi connectivity index (χ4v) is 1.91. The van der Waals surface area contributed by atoms with Crippen LogP contribution in [-0.4, -0.2) is 42.7 Å². The van der Waals surface area contributed by atoms with E-state index in [-0.39, 0.29) is 11.7 Å². The van der Waals surface area contributed by atoms with Gasteiger partial charge in [0, 0.05) is 13.1 Å². The zero-order valence-corrected chi connectivity index (χ0v) is 13.3. The van der Waals surface area contributed by atoms with Gasteiger partial charge in [-0.1, -0.05) is 19.9 Å². The molecular weight excluding hydrogens is 268 g/mol. The van der Waals surface area contributed by atoms with Crippen molar-refractivity contribution in [2.45, 2.75) is 27.3 Å². The van der Waals surface area contributed by atoms with E-state index in [2.05, 4.69) is 19.2 Å². The first-order valence-corrected chi connectivity index (χ1v) is 7.32. The maximum atomic E-state index is 11.8. The highest BCUT2D eigenvalue weighted by Gasteiger charge is 2.09. The van der Waals surface area contributed by atoms with Crippen LogP contribution in [0.25, 0.3) is 0 Å². The number of nitrogens with one attached hydrogen (secondary N) is 1. The number of ether oxygens (including phenoxy) is 1. The molecule has 1 amide bonds. The van der Waals surface area contributed by atoms with Crippen LogP contribution in [0.4, 0.5) is 0 Å². The van der Waals surface area contributed by atoms with Crippen molar-refractivity contribution in [1.29, 1.82) is 0 Å². The lowest BCUT2D eigenvalue weighted by Crippen LogP contribution is -2.36. The van der Waals surface area contributed by atoms with Crippen molar-refractivity contribution in [2.75, 3.05) is 26.7 Å². The van der Waals surface area contributed by atoms with Crippen LogP contribution in [0, 0.1) is 5.92 Å². The Balaban J connectivity index is 2.52. The summed E-state index contributed by atoms with van der Waals surface area (Å²) < 4.78 is 5.36. The van der Waals surface area contributed by atoms with E-state index in [4.69, 9.17) is 4.74 Å². The summed E-state index contributed by atoms with van der Waals surface area (Å²) in [5.74, 6) is 1.09. The smallest absolute Gasteiger partial charge is 0.234 e. The molecule has 0 radical (unpaired) electrons. The Bertz CT molecular complexity index is 461. The van der Waals surface area contributed by atoms with Crippen LogP contribution in [0.15, 0.2) is 18.2 Å². The molecule has 0 unspecified atom stereocenters. The summed E-state index contributed by atoms with van der Waals surface area (Å²) in [7, 11) is 1.89. The Hall–Kier alpha value is -1.75. The topological polar surface area (TPSA) is 61.8 Å². The van der Waals surface area contributed by atoms with Gasteiger partial charge in [0.2, 0.25) is 5.91 Å². The average Bonchev–Trinajstić information content (AvgIpc) is 2.40. The van der Waals surface area contributed by atoms with Crippen molar-refractivity contribution in [1.82, 2.24) is 10.2 Å². The molecule has 1 aromatic carbocycles. The van der Waals surface area contributed by atoms with Crippen LogP contribution < -0.4 is 10.1 Å². The van der Waals surface area contributed by atoms with Gasteiger partial charge in [0.25, 0.3) is 0 Å². The maximum Gasteiger partial charge on any atom is 0.234 e. The van der Waals surface area contributed by atoms with Gasteiger partial charge in [0.05, 0.1) is 13.2 Å². The first-order valence-electron chi connectivity index (χ1n) is 7.32. The molecule has 5 nitrogen and oxygen atoms in total. The summed E-state index contributed by atoms with van der Waals surface area (Å²) in [5, 5.41) is 12.6. The highest BCUT2D eigenvalue weighted by atomic mass is 16.5. The number of aromatic hydroxyl groups is 1. The van der Waals surface area contributed by atoms with Gasteiger partial charge in [-0.2, -0.15) is 0 Å². The molecule has 0 saturated carbocycles. The number of phenolic OH excluding ortho intramolecular Hbond substituents is 1. The zero-order valence-electron chi connectivity index (χ0n) is 13.3. The van der Waals surface area contributed by atoms with E-state index >= 15 is 0 Å². The third-order valence-corrected chi connectivity index (χ3v) is 2.90. The monoisotopic (exact) mass is 294 g/mol. The van der Waals surface area contributed by atoms with Gasteiger partial charge in [-0.25, -0.2) is 0 Å². The molecule has 0 aliphatic heterocycles. The Morgan fingerprint density at radius 3 is 2.76 bits per heavy atom. The number of benzene rings is 1. The number of carbonyl (C=O) groups excluding carboxylic acids is 1. The van der Waals surface area contributed by atoms with E-state index in [1.54, 1.807) is 12.1 Å². The molecule has 2 N–H and O–H groups in total. The van der Waals surface area contributed by atoms with Crippen molar-refractivity contribution in [3.05, 3.63) is 23.8 Å². The molecular formula is C16H26N2O3. The van der Waals surface area contributed by atoms with Crippen molar-refractivity contribution in [3.63, 3.8) is 0 Å². The second-order valence-electron chi connectivity index (χ2n) is 5.61. The number of hydrogen-bond donors (Lipinski definition) is 2. The molecule has 0 fully saturated rings. The summed E-state index contributed by atoms with van der Waals surface area (Å²) in [4.78, 5) is 13.7. The second kappa shape index (κ2) is 8.52. The molecule has 0 atom stereocenters. The predicted molar refractivity (Wildman–Crippen MR) is 83.5 cm³/mol. The molecule has 0 spiro atoms. The largest absolute Gasteiger partial charge is 0.504 e. The molecule has 5 heteroatoms. The Morgan fingerprint density at radius 2 is 2.14 bits per heavy atom. The van der Waals surface area contributed by atoms with E-state index in [0.717, 1.165) is 5.56 Å². The van der Waals surface area contributed by atoms with Gasteiger partial charge in [-0.05, 0) is 37.6 Å². The number of nitrogens with zero attached hydrogens (tertiary/aromatic N) is 1. The van der Waals surface area contributed by atoms with Gasteiger partial charge >= 0.3 is 0 Å². The minimum atomic E-state index is 0.0232. The molecule has 0 saturated heterocycles. The first-order chi connectivity index (χ1) is 9.92. The quantitative estimate of drug-likeness (QED) is 0.770. The van der Waals surface area contributed by atoms with Gasteiger partial charge in [-0.15, -0.1) is 0 Å². The first kappa shape index (κ1) is 17.3. The zero-order chi connectivity index (χ0) is 15.8. The number of carbonyl (C=O) groups is 1. The van der Waals surface area contributed by atoms with E-state index in [1.165, 1.54) is 0 Å². The third-order valence-electron chi connectivity index (χ3n) is 2.90. The van der Waals surface area contributed by atoms with Crippen LogP contribution in [0.5, 0.6) is 11.5 Å². The Labute approximate surface area is 126 Å². The molecule has 0 bridgehead atoms. The molecule has 0 aromatic heterocycles. The van der Waals surface area contributed by atoms with E-state index in [1.807, 2.05) is 24.9 Å². The van der Waals surface area contributed by atoms with Crippen LogP contribution in [0.1, 0.15) is 26.3 Å². The summed E-state index contributed by atoms with van der Waals surface area (Å²) in [5.41, 5.74) is 0.996. The van der Waals surface area contributed by atoms with Crippen LogP contribution in [0.3, 0.4) is 0 Å². The second-order valence-corrected chi connectivity index (χ2v) is 5.61. The Morgan fingerprint density at radius 1 is 1.43 bits per heavy atom. The molecule has 1 aromatic rings. The van der Waals surface area contributed by atoms with E-state index in [9.17, 15) is 9.90 Å².